The predicted octanol–water partition coefficient (Wildman–Crippen LogP) is 4.05. The summed E-state index contributed by atoms with van der Waals surface area (Å²) in [4.78, 5) is 24.7. The number of amides is 1. The van der Waals surface area contributed by atoms with Crippen LogP contribution in [0.1, 0.15) is 50.5 Å². The molecule has 176 valence electrons. The largest absolute Gasteiger partial charge is 0.493 e. The van der Waals surface area contributed by atoms with Gasteiger partial charge in [-0.05, 0) is 44.4 Å². The molecule has 8 nitrogen and oxygen atoms in total. The van der Waals surface area contributed by atoms with Crippen LogP contribution < -0.4 is 14.2 Å². The average molecular weight is 471 g/mol. The van der Waals surface area contributed by atoms with Crippen LogP contribution in [0.15, 0.2) is 24.5 Å². The molecule has 1 aliphatic rings. The van der Waals surface area contributed by atoms with Gasteiger partial charge in [0.15, 0.2) is 11.5 Å². The van der Waals surface area contributed by atoms with Crippen molar-refractivity contribution in [2.45, 2.75) is 39.2 Å². The summed E-state index contributed by atoms with van der Waals surface area (Å²) in [5, 5.41) is 0.930. The maximum absolute atomic E-state index is 12.9. The van der Waals surface area contributed by atoms with Crippen molar-refractivity contribution >= 4 is 17.2 Å². The molecule has 0 bridgehead atoms. The van der Waals surface area contributed by atoms with Crippen LogP contribution in [0.5, 0.6) is 17.2 Å². The fraction of sp³-hybridized carbons (Fsp3) is 0.458. The second-order valence-electron chi connectivity index (χ2n) is 8.16. The first-order chi connectivity index (χ1) is 15.9. The molecular weight excluding hydrogens is 440 g/mol. The van der Waals surface area contributed by atoms with Crippen molar-refractivity contribution in [3.63, 3.8) is 0 Å². The van der Waals surface area contributed by atoms with E-state index in [2.05, 4.69) is 14.5 Å². The molecule has 3 heterocycles. The fourth-order valence-electron chi connectivity index (χ4n) is 4.45. The number of carbonyl (C=O) groups excluding carboxylic acids is 1. The molecule has 0 spiro atoms. The molecule has 33 heavy (non-hydrogen) atoms. The van der Waals surface area contributed by atoms with Gasteiger partial charge in [0.25, 0.3) is 5.91 Å². The summed E-state index contributed by atoms with van der Waals surface area (Å²) in [6.07, 6.45) is 5.61. The quantitative estimate of drug-likeness (QED) is 0.518. The molecule has 2 aromatic heterocycles. The topological polar surface area (TPSA) is 78.7 Å². The highest BCUT2D eigenvalue weighted by molar-refractivity contribution is 7.13. The zero-order valence-corrected chi connectivity index (χ0v) is 20.6. The summed E-state index contributed by atoms with van der Waals surface area (Å²) in [6, 6.07) is 3.93. The van der Waals surface area contributed by atoms with Gasteiger partial charge in [0.2, 0.25) is 5.75 Å². The smallest absolute Gasteiger partial charge is 0.265 e. The lowest BCUT2D eigenvalue weighted by atomic mass is 9.95. The number of aryl methyl sites for hydroxylation is 2. The number of rotatable bonds is 7. The molecule has 4 rings (SSSR count). The van der Waals surface area contributed by atoms with E-state index in [1.807, 2.05) is 43.3 Å². The van der Waals surface area contributed by atoms with Gasteiger partial charge in [-0.3, -0.25) is 4.79 Å². The fourth-order valence-corrected chi connectivity index (χ4v) is 5.34. The number of benzene rings is 1. The first-order valence-electron chi connectivity index (χ1n) is 11.0. The Kier molecular flexibility index (Phi) is 6.88. The molecule has 9 heteroatoms. The molecule has 0 unspecified atom stereocenters. The van der Waals surface area contributed by atoms with E-state index in [9.17, 15) is 4.79 Å². The Labute approximate surface area is 198 Å². The van der Waals surface area contributed by atoms with Gasteiger partial charge in [0.05, 0.1) is 32.0 Å². The summed E-state index contributed by atoms with van der Waals surface area (Å²) in [5.74, 6) is 3.29. The maximum Gasteiger partial charge on any atom is 0.265 e. The average Bonchev–Trinajstić information content (AvgIpc) is 3.43. The molecule has 1 amide bonds. The number of likely N-dealkylation sites (tertiary alicyclic amines) is 1. The Morgan fingerprint density at radius 1 is 1.09 bits per heavy atom. The van der Waals surface area contributed by atoms with Gasteiger partial charge >= 0.3 is 0 Å². The van der Waals surface area contributed by atoms with Gasteiger partial charge in [-0.1, -0.05) is 0 Å². The van der Waals surface area contributed by atoms with Gasteiger partial charge in [-0.25, -0.2) is 9.97 Å². The van der Waals surface area contributed by atoms with E-state index in [0.717, 1.165) is 52.9 Å². The molecular formula is C24H30N4O4S. The predicted molar refractivity (Wildman–Crippen MR) is 127 cm³/mol. The van der Waals surface area contributed by atoms with E-state index < -0.39 is 0 Å². The molecule has 0 saturated carbocycles. The van der Waals surface area contributed by atoms with Gasteiger partial charge < -0.3 is 23.7 Å². The van der Waals surface area contributed by atoms with Crippen LogP contribution >= 0.6 is 11.3 Å². The SMILES string of the molecule is COc1cc(Cn2ccnc2C2CCN(C(=O)c3sc(C)nc3C)CC2)cc(OC)c1OC. The maximum atomic E-state index is 12.9. The van der Waals surface area contributed by atoms with Crippen LogP contribution in [0.25, 0.3) is 0 Å². The number of aromatic nitrogens is 3. The molecule has 1 aromatic carbocycles. The third-order valence-electron chi connectivity index (χ3n) is 6.07. The molecule has 0 radical (unpaired) electrons. The van der Waals surface area contributed by atoms with Crippen molar-refractivity contribution in [3.8, 4) is 17.2 Å². The number of methoxy groups -OCH3 is 3. The highest BCUT2D eigenvalue weighted by Crippen LogP contribution is 2.38. The van der Waals surface area contributed by atoms with Gasteiger partial charge in [0, 0.05) is 37.9 Å². The first kappa shape index (κ1) is 23.1. The number of nitrogens with zero attached hydrogens (tertiary/aromatic N) is 4. The van der Waals surface area contributed by atoms with Crippen LogP contribution in [0.2, 0.25) is 0 Å². The van der Waals surface area contributed by atoms with Crippen molar-refractivity contribution < 1.29 is 19.0 Å². The molecule has 0 atom stereocenters. The van der Waals surface area contributed by atoms with Gasteiger partial charge in [0.1, 0.15) is 10.7 Å². The molecule has 1 fully saturated rings. The van der Waals surface area contributed by atoms with Crippen molar-refractivity contribution in [2.75, 3.05) is 34.4 Å². The standard InChI is InChI=1S/C24H30N4O4S/c1-15-22(33-16(2)26-15)24(29)27-9-6-18(7-10-27)23-25-8-11-28(23)14-17-12-19(30-3)21(32-5)20(13-17)31-4/h8,11-13,18H,6-7,9-10,14H2,1-5H3. The van der Waals surface area contributed by atoms with Crippen LogP contribution in [0.4, 0.5) is 0 Å². The minimum Gasteiger partial charge on any atom is -0.493 e. The van der Waals surface area contributed by atoms with Gasteiger partial charge in [-0.2, -0.15) is 0 Å². The second-order valence-corrected chi connectivity index (χ2v) is 9.36. The number of ether oxygens (including phenoxy) is 3. The summed E-state index contributed by atoms with van der Waals surface area (Å²) in [5.41, 5.74) is 1.86. The Bertz CT molecular complexity index is 1110. The zero-order chi connectivity index (χ0) is 23.5. The Morgan fingerprint density at radius 2 is 1.76 bits per heavy atom. The van der Waals surface area contributed by atoms with E-state index in [1.165, 1.54) is 11.3 Å². The summed E-state index contributed by atoms with van der Waals surface area (Å²) in [7, 11) is 4.84. The summed E-state index contributed by atoms with van der Waals surface area (Å²) in [6.45, 7) is 5.93. The number of hydrogen-bond donors (Lipinski definition) is 0. The zero-order valence-electron chi connectivity index (χ0n) is 19.8. The van der Waals surface area contributed by atoms with E-state index in [0.29, 0.717) is 29.7 Å². The Balaban J connectivity index is 1.47. The van der Waals surface area contributed by atoms with Crippen molar-refractivity contribution in [1.82, 2.24) is 19.4 Å². The Morgan fingerprint density at radius 3 is 2.30 bits per heavy atom. The third-order valence-corrected chi connectivity index (χ3v) is 7.13. The molecule has 3 aromatic rings. The monoisotopic (exact) mass is 470 g/mol. The highest BCUT2D eigenvalue weighted by Gasteiger charge is 2.28. The van der Waals surface area contributed by atoms with E-state index >= 15 is 0 Å². The van der Waals surface area contributed by atoms with E-state index in [1.54, 1.807) is 21.3 Å². The van der Waals surface area contributed by atoms with Crippen LogP contribution in [-0.4, -0.2) is 59.8 Å². The molecule has 1 aliphatic heterocycles. The third kappa shape index (κ3) is 4.68. The Hall–Kier alpha value is -3.07. The van der Waals surface area contributed by atoms with Crippen LogP contribution in [-0.2, 0) is 6.54 Å². The lowest BCUT2D eigenvalue weighted by Gasteiger charge is -2.31. The number of hydrogen-bond acceptors (Lipinski definition) is 7. The second kappa shape index (κ2) is 9.82. The van der Waals surface area contributed by atoms with Crippen molar-refractivity contribution in [1.29, 1.82) is 0 Å². The normalized spacial score (nSPS) is 14.4. The van der Waals surface area contributed by atoms with Crippen molar-refractivity contribution in [2.24, 2.45) is 0 Å². The van der Waals surface area contributed by atoms with Crippen LogP contribution in [0, 0.1) is 13.8 Å². The minimum atomic E-state index is 0.0947. The van der Waals surface area contributed by atoms with E-state index in [-0.39, 0.29) is 5.91 Å². The molecule has 0 N–H and O–H groups in total. The number of imidazole rings is 1. The first-order valence-corrected chi connectivity index (χ1v) is 11.8. The summed E-state index contributed by atoms with van der Waals surface area (Å²) < 4.78 is 18.6. The van der Waals surface area contributed by atoms with Gasteiger partial charge in [-0.15, -0.1) is 11.3 Å². The number of piperidine rings is 1. The minimum absolute atomic E-state index is 0.0947. The lowest BCUT2D eigenvalue weighted by Crippen LogP contribution is -2.38. The summed E-state index contributed by atoms with van der Waals surface area (Å²) >= 11 is 1.48. The van der Waals surface area contributed by atoms with E-state index in [4.69, 9.17) is 14.2 Å². The number of carbonyl (C=O) groups is 1. The number of thiazole rings is 1. The lowest BCUT2D eigenvalue weighted by molar-refractivity contribution is 0.0714. The van der Waals surface area contributed by atoms with Crippen molar-refractivity contribution in [3.05, 3.63) is 51.5 Å². The van der Waals surface area contributed by atoms with Crippen LogP contribution in [0.3, 0.4) is 0 Å². The molecule has 0 aliphatic carbocycles. The highest BCUT2D eigenvalue weighted by atomic mass is 32.1. The molecule has 1 saturated heterocycles.